The van der Waals surface area contributed by atoms with E-state index in [1.54, 1.807) is 37.8 Å². The lowest BCUT2D eigenvalue weighted by atomic mass is 9.87. The molecule has 1 amide bonds. The number of piperazine rings is 1. The lowest BCUT2D eigenvalue weighted by molar-refractivity contribution is 0.0508. The van der Waals surface area contributed by atoms with Gasteiger partial charge in [0.2, 0.25) is 10.0 Å². The van der Waals surface area contributed by atoms with Gasteiger partial charge in [0.15, 0.2) is 0 Å². The van der Waals surface area contributed by atoms with Crippen molar-refractivity contribution in [2.24, 2.45) is 0 Å². The Morgan fingerprint density at radius 2 is 1.73 bits per heavy atom. The predicted octanol–water partition coefficient (Wildman–Crippen LogP) is 3.75. The summed E-state index contributed by atoms with van der Waals surface area (Å²) in [6.07, 6.45) is 1.25. The highest BCUT2D eigenvalue weighted by Crippen LogP contribution is 2.27. The van der Waals surface area contributed by atoms with Crippen molar-refractivity contribution < 1.29 is 22.7 Å². The van der Waals surface area contributed by atoms with Gasteiger partial charge in [-0.15, -0.1) is 0 Å². The van der Waals surface area contributed by atoms with E-state index in [4.69, 9.17) is 4.74 Å². The maximum atomic E-state index is 13.6. The first-order valence-electron chi connectivity index (χ1n) is 12.8. The van der Waals surface area contributed by atoms with Gasteiger partial charge in [-0.2, -0.15) is 4.31 Å². The Kier molecular flexibility index (Phi) is 8.74. The third-order valence-corrected chi connectivity index (χ3v) is 8.47. The van der Waals surface area contributed by atoms with E-state index in [-0.39, 0.29) is 47.8 Å². The number of amides is 1. The van der Waals surface area contributed by atoms with Gasteiger partial charge < -0.3 is 9.64 Å². The van der Waals surface area contributed by atoms with E-state index in [0.717, 1.165) is 12.0 Å². The Hall–Kier alpha value is -2.85. The van der Waals surface area contributed by atoms with Crippen molar-refractivity contribution >= 4 is 21.9 Å². The number of rotatable bonds is 7. The van der Waals surface area contributed by atoms with Crippen molar-refractivity contribution in [2.45, 2.75) is 77.7 Å². The van der Waals surface area contributed by atoms with Crippen LogP contribution < -0.4 is 0 Å². The molecular formula is C27H38N4O5S. The number of esters is 1. The topological polar surface area (TPSA) is 110 Å². The van der Waals surface area contributed by atoms with Crippen LogP contribution in [0.4, 0.5) is 0 Å². The summed E-state index contributed by atoms with van der Waals surface area (Å²) in [6.45, 7) is 14.0. The van der Waals surface area contributed by atoms with Crippen LogP contribution in [0.1, 0.15) is 85.9 Å². The summed E-state index contributed by atoms with van der Waals surface area (Å²) in [4.78, 5) is 36.9. The average molecular weight is 531 g/mol. The summed E-state index contributed by atoms with van der Waals surface area (Å²) in [5.74, 6) is -0.653. The molecule has 0 saturated carbocycles. The summed E-state index contributed by atoms with van der Waals surface area (Å²) >= 11 is 0. The van der Waals surface area contributed by atoms with Gasteiger partial charge in [0.1, 0.15) is 17.1 Å². The number of aryl methyl sites for hydroxylation is 2. The van der Waals surface area contributed by atoms with Crippen LogP contribution in [0.5, 0.6) is 0 Å². The number of sulfonamides is 1. The van der Waals surface area contributed by atoms with Gasteiger partial charge >= 0.3 is 5.97 Å². The molecule has 1 unspecified atom stereocenters. The van der Waals surface area contributed by atoms with Crippen LogP contribution in [-0.2, 0) is 26.6 Å². The Labute approximate surface area is 220 Å². The minimum atomic E-state index is -3.74. The highest BCUT2D eigenvalue weighted by Gasteiger charge is 2.37. The molecule has 1 atom stereocenters. The molecule has 0 aliphatic carbocycles. The molecule has 0 spiro atoms. The molecule has 2 aromatic rings. The molecular weight excluding hydrogens is 492 g/mol. The number of hydrogen-bond acceptors (Lipinski definition) is 7. The lowest BCUT2D eigenvalue weighted by Gasteiger charge is -2.39. The molecule has 0 N–H and O–H groups in total. The lowest BCUT2D eigenvalue weighted by Crippen LogP contribution is -2.55. The predicted molar refractivity (Wildman–Crippen MR) is 141 cm³/mol. The van der Waals surface area contributed by atoms with E-state index in [1.165, 1.54) is 4.31 Å². The van der Waals surface area contributed by atoms with E-state index in [9.17, 15) is 18.0 Å². The Bertz CT molecular complexity index is 1250. The highest BCUT2D eigenvalue weighted by molar-refractivity contribution is 7.89. The van der Waals surface area contributed by atoms with Crippen LogP contribution in [0.15, 0.2) is 29.2 Å². The Morgan fingerprint density at radius 3 is 2.27 bits per heavy atom. The standard InChI is InChI=1S/C27H38N4O5S/c1-8-10-22-23(26(33)36-9-2)24(29-19(4)28-22)25(32)30-15-16-31(18(3)17-30)37(34,35)21-13-11-20(12-14-21)27(5,6)7/h11-14,18H,8-10,15-17H2,1-7H3. The molecule has 3 rings (SSSR count). The molecule has 202 valence electrons. The normalized spacial score (nSPS) is 17.1. The smallest absolute Gasteiger partial charge is 0.342 e. The fourth-order valence-corrected chi connectivity index (χ4v) is 6.13. The van der Waals surface area contributed by atoms with Crippen LogP contribution in [0, 0.1) is 6.92 Å². The maximum Gasteiger partial charge on any atom is 0.342 e. The minimum Gasteiger partial charge on any atom is -0.462 e. The number of carbonyl (C=O) groups excluding carboxylic acids is 2. The molecule has 37 heavy (non-hydrogen) atoms. The quantitative estimate of drug-likeness (QED) is 0.502. The number of benzene rings is 1. The molecule has 1 aromatic heterocycles. The van der Waals surface area contributed by atoms with Crippen molar-refractivity contribution in [3.63, 3.8) is 0 Å². The second-order valence-corrected chi connectivity index (χ2v) is 12.3. The first-order valence-corrected chi connectivity index (χ1v) is 14.2. The first kappa shape index (κ1) is 28.7. The SMILES string of the molecule is CCCc1nc(C)nc(C(=O)N2CCN(S(=O)(=O)c3ccc(C(C)(C)C)cc3)C(C)C2)c1C(=O)OCC. The van der Waals surface area contributed by atoms with Gasteiger partial charge in [-0.25, -0.2) is 23.2 Å². The summed E-state index contributed by atoms with van der Waals surface area (Å²) in [5.41, 5.74) is 1.57. The summed E-state index contributed by atoms with van der Waals surface area (Å²) in [6, 6.07) is 6.52. The Balaban J connectivity index is 1.86. The van der Waals surface area contributed by atoms with Crippen LogP contribution in [0.25, 0.3) is 0 Å². The van der Waals surface area contributed by atoms with Crippen molar-refractivity contribution in [1.29, 1.82) is 0 Å². The number of ether oxygens (including phenoxy) is 1. The zero-order chi connectivity index (χ0) is 27.5. The average Bonchev–Trinajstić information content (AvgIpc) is 2.82. The van der Waals surface area contributed by atoms with Crippen LogP contribution >= 0.6 is 0 Å². The van der Waals surface area contributed by atoms with Crippen LogP contribution in [0.2, 0.25) is 0 Å². The molecule has 0 bridgehead atoms. The molecule has 9 nitrogen and oxygen atoms in total. The molecule has 1 saturated heterocycles. The van der Waals surface area contributed by atoms with E-state index in [0.29, 0.717) is 17.9 Å². The monoisotopic (exact) mass is 530 g/mol. The third-order valence-electron chi connectivity index (χ3n) is 6.45. The zero-order valence-corrected chi connectivity index (χ0v) is 23.7. The number of nitrogens with zero attached hydrogens (tertiary/aromatic N) is 4. The molecule has 1 aliphatic rings. The maximum absolute atomic E-state index is 13.6. The second kappa shape index (κ2) is 11.3. The van der Waals surface area contributed by atoms with Gasteiger partial charge in [0.25, 0.3) is 5.91 Å². The molecule has 0 radical (unpaired) electrons. The van der Waals surface area contributed by atoms with E-state index in [2.05, 4.69) is 30.7 Å². The molecule has 2 heterocycles. The van der Waals surface area contributed by atoms with Crippen LogP contribution in [0.3, 0.4) is 0 Å². The van der Waals surface area contributed by atoms with Gasteiger partial charge in [0, 0.05) is 25.7 Å². The van der Waals surface area contributed by atoms with E-state index >= 15 is 0 Å². The van der Waals surface area contributed by atoms with Crippen molar-refractivity contribution in [1.82, 2.24) is 19.2 Å². The van der Waals surface area contributed by atoms with Crippen molar-refractivity contribution in [2.75, 3.05) is 26.2 Å². The summed E-state index contributed by atoms with van der Waals surface area (Å²) in [7, 11) is -3.74. The van der Waals surface area contributed by atoms with Crippen molar-refractivity contribution in [3.8, 4) is 0 Å². The highest BCUT2D eigenvalue weighted by atomic mass is 32.2. The van der Waals surface area contributed by atoms with Gasteiger partial charge in [0.05, 0.1) is 17.2 Å². The minimum absolute atomic E-state index is 0.00989. The van der Waals surface area contributed by atoms with Crippen molar-refractivity contribution in [3.05, 3.63) is 52.6 Å². The molecule has 1 fully saturated rings. The number of aromatic nitrogens is 2. The van der Waals surface area contributed by atoms with Gasteiger partial charge in [-0.3, -0.25) is 4.79 Å². The molecule has 1 aromatic carbocycles. The Morgan fingerprint density at radius 1 is 1.08 bits per heavy atom. The zero-order valence-electron chi connectivity index (χ0n) is 22.9. The summed E-state index contributed by atoms with van der Waals surface area (Å²) in [5, 5.41) is 0. The summed E-state index contributed by atoms with van der Waals surface area (Å²) < 4.78 is 33.5. The number of hydrogen-bond donors (Lipinski definition) is 0. The molecule has 10 heteroatoms. The molecule has 1 aliphatic heterocycles. The van der Waals surface area contributed by atoms with Gasteiger partial charge in [-0.1, -0.05) is 46.2 Å². The van der Waals surface area contributed by atoms with E-state index < -0.39 is 27.9 Å². The fraction of sp³-hybridized carbons (Fsp3) is 0.556. The second-order valence-electron chi connectivity index (χ2n) is 10.4. The fourth-order valence-electron chi connectivity index (χ4n) is 4.52. The largest absolute Gasteiger partial charge is 0.462 e. The number of carbonyl (C=O) groups is 2. The van der Waals surface area contributed by atoms with Crippen LogP contribution in [-0.4, -0.2) is 71.8 Å². The third kappa shape index (κ3) is 6.18. The first-order chi connectivity index (χ1) is 17.3. The van der Waals surface area contributed by atoms with Gasteiger partial charge in [-0.05, 0) is 50.3 Å². The van der Waals surface area contributed by atoms with E-state index in [1.807, 2.05) is 19.1 Å².